The highest BCUT2D eigenvalue weighted by atomic mass is 16.7. The monoisotopic (exact) mass is 292 g/mol. The predicted molar refractivity (Wildman–Crippen MR) is 84.7 cm³/mol. The van der Waals surface area contributed by atoms with Crippen LogP contribution >= 0.6 is 0 Å². The van der Waals surface area contributed by atoms with Crippen LogP contribution in [0.4, 0.5) is 0 Å². The molecule has 3 heteroatoms. The number of hydrogen-bond acceptors (Lipinski definition) is 3. The van der Waals surface area contributed by atoms with Crippen LogP contribution in [0.15, 0.2) is 24.3 Å². The van der Waals surface area contributed by atoms with Crippen LogP contribution in [0.3, 0.4) is 0 Å². The second-order valence-corrected chi connectivity index (χ2v) is 5.92. The summed E-state index contributed by atoms with van der Waals surface area (Å²) in [5.74, 6) is 2.43. The lowest BCUT2D eigenvalue weighted by atomic mass is 9.86. The first-order valence-electron chi connectivity index (χ1n) is 8.08. The van der Waals surface area contributed by atoms with Crippen molar-refractivity contribution in [2.75, 3.05) is 20.3 Å². The molecule has 0 amide bonds. The molecule has 0 spiro atoms. The summed E-state index contributed by atoms with van der Waals surface area (Å²) < 4.78 is 16.1. The van der Waals surface area contributed by atoms with Crippen molar-refractivity contribution in [2.45, 2.75) is 51.7 Å². The number of rotatable bonds is 8. The third-order valence-corrected chi connectivity index (χ3v) is 4.55. The summed E-state index contributed by atoms with van der Waals surface area (Å²) in [6.45, 7) is 5.31. The molecule has 0 saturated heterocycles. The summed E-state index contributed by atoms with van der Waals surface area (Å²) >= 11 is 0. The van der Waals surface area contributed by atoms with E-state index in [1.807, 2.05) is 6.92 Å². The Labute approximate surface area is 128 Å². The molecule has 1 aromatic rings. The molecule has 0 radical (unpaired) electrons. The molecule has 2 atom stereocenters. The van der Waals surface area contributed by atoms with E-state index in [1.54, 1.807) is 7.11 Å². The molecule has 1 aliphatic rings. The Morgan fingerprint density at radius 2 is 1.71 bits per heavy atom. The van der Waals surface area contributed by atoms with E-state index in [-0.39, 0.29) is 6.29 Å². The lowest BCUT2D eigenvalue weighted by Crippen LogP contribution is -2.15. The molecule has 1 fully saturated rings. The van der Waals surface area contributed by atoms with Gasteiger partial charge in [-0.25, -0.2) is 0 Å². The van der Waals surface area contributed by atoms with Crippen molar-refractivity contribution in [1.29, 1.82) is 0 Å². The zero-order chi connectivity index (χ0) is 15.1. The number of hydrogen-bond donors (Lipinski definition) is 0. The highest BCUT2D eigenvalue weighted by Crippen LogP contribution is 2.37. The Morgan fingerprint density at radius 3 is 2.33 bits per heavy atom. The average molecular weight is 292 g/mol. The van der Waals surface area contributed by atoms with E-state index in [9.17, 15) is 0 Å². The fourth-order valence-electron chi connectivity index (χ4n) is 3.04. The highest BCUT2D eigenvalue weighted by molar-refractivity contribution is 5.29. The fraction of sp³-hybridized carbons (Fsp3) is 0.667. The minimum absolute atomic E-state index is 0.178. The van der Waals surface area contributed by atoms with Crippen molar-refractivity contribution in [3.8, 4) is 5.75 Å². The van der Waals surface area contributed by atoms with E-state index in [0.29, 0.717) is 19.1 Å². The molecule has 1 saturated carbocycles. The zero-order valence-corrected chi connectivity index (χ0v) is 13.5. The van der Waals surface area contributed by atoms with Crippen molar-refractivity contribution in [3.63, 3.8) is 0 Å². The van der Waals surface area contributed by atoms with E-state index in [1.165, 1.54) is 31.2 Å². The maximum Gasteiger partial charge on any atom is 0.154 e. The summed E-state index contributed by atoms with van der Waals surface area (Å²) in [7, 11) is 1.63. The first-order valence-corrected chi connectivity index (χ1v) is 8.08. The van der Waals surface area contributed by atoms with Crippen LogP contribution in [0.2, 0.25) is 0 Å². The van der Waals surface area contributed by atoms with Crippen LogP contribution in [0.1, 0.15) is 51.0 Å². The van der Waals surface area contributed by atoms with Crippen molar-refractivity contribution >= 4 is 0 Å². The molecule has 0 aromatic heterocycles. The van der Waals surface area contributed by atoms with Gasteiger partial charge in [0.15, 0.2) is 6.29 Å². The summed E-state index contributed by atoms with van der Waals surface area (Å²) in [6, 6.07) is 8.55. The van der Waals surface area contributed by atoms with Crippen LogP contribution in [-0.4, -0.2) is 26.6 Å². The molecule has 118 valence electrons. The van der Waals surface area contributed by atoms with Crippen LogP contribution in [0, 0.1) is 5.92 Å². The second kappa shape index (κ2) is 8.40. The summed E-state index contributed by atoms with van der Waals surface area (Å²) in [6.07, 6.45) is 5.39. The van der Waals surface area contributed by atoms with Crippen LogP contribution in [0.25, 0.3) is 0 Å². The molecule has 0 bridgehead atoms. The normalized spacial score (nSPS) is 18.6. The lowest BCUT2D eigenvalue weighted by molar-refractivity contribution is -0.115. The minimum Gasteiger partial charge on any atom is -0.491 e. The van der Waals surface area contributed by atoms with E-state index in [0.717, 1.165) is 11.7 Å². The van der Waals surface area contributed by atoms with Gasteiger partial charge >= 0.3 is 0 Å². The van der Waals surface area contributed by atoms with Crippen molar-refractivity contribution in [3.05, 3.63) is 29.8 Å². The Hall–Kier alpha value is -1.06. The third-order valence-electron chi connectivity index (χ3n) is 4.55. The van der Waals surface area contributed by atoms with Gasteiger partial charge in [0.1, 0.15) is 12.4 Å². The topological polar surface area (TPSA) is 27.7 Å². The van der Waals surface area contributed by atoms with Gasteiger partial charge in [0, 0.05) is 7.11 Å². The summed E-state index contributed by atoms with van der Waals surface area (Å²) in [5.41, 5.74) is 1.43. The average Bonchev–Trinajstić information content (AvgIpc) is 3.05. The molecule has 1 aliphatic carbocycles. The van der Waals surface area contributed by atoms with Gasteiger partial charge in [-0.05, 0) is 49.3 Å². The maximum absolute atomic E-state index is 5.68. The summed E-state index contributed by atoms with van der Waals surface area (Å²) in [5, 5.41) is 0. The van der Waals surface area contributed by atoms with Crippen molar-refractivity contribution in [2.24, 2.45) is 5.92 Å². The molecule has 0 N–H and O–H groups in total. The first kappa shape index (κ1) is 16.3. The second-order valence-electron chi connectivity index (χ2n) is 5.92. The van der Waals surface area contributed by atoms with E-state index in [4.69, 9.17) is 14.2 Å². The molecular formula is C18H28O3. The SMILES string of the molecule is COC(C)OCCOc1ccc(C(C)C2CCCC2)cc1. The zero-order valence-electron chi connectivity index (χ0n) is 13.5. The fourth-order valence-corrected chi connectivity index (χ4v) is 3.04. The first-order chi connectivity index (χ1) is 10.2. The largest absolute Gasteiger partial charge is 0.491 e. The number of benzene rings is 1. The van der Waals surface area contributed by atoms with Gasteiger partial charge in [0.25, 0.3) is 0 Å². The van der Waals surface area contributed by atoms with Crippen molar-refractivity contribution in [1.82, 2.24) is 0 Å². The smallest absolute Gasteiger partial charge is 0.154 e. The Bertz CT molecular complexity index is 395. The Kier molecular flexibility index (Phi) is 6.52. The number of ether oxygens (including phenoxy) is 3. The van der Waals surface area contributed by atoms with Gasteiger partial charge in [0.2, 0.25) is 0 Å². The van der Waals surface area contributed by atoms with E-state index < -0.39 is 0 Å². The molecule has 0 heterocycles. The quantitative estimate of drug-likeness (QED) is 0.526. The number of methoxy groups -OCH3 is 1. The predicted octanol–water partition coefficient (Wildman–Crippen LogP) is 4.37. The Balaban J connectivity index is 1.76. The standard InChI is InChI=1S/C18H28O3/c1-14(16-6-4-5-7-16)17-8-10-18(11-9-17)21-13-12-20-15(2)19-3/h8-11,14-16H,4-7,12-13H2,1-3H3. The molecule has 2 unspecified atom stereocenters. The van der Waals surface area contributed by atoms with Gasteiger partial charge in [-0.3, -0.25) is 0 Å². The van der Waals surface area contributed by atoms with Gasteiger partial charge in [-0.2, -0.15) is 0 Å². The van der Waals surface area contributed by atoms with E-state index >= 15 is 0 Å². The lowest BCUT2D eigenvalue weighted by Gasteiger charge is -2.19. The highest BCUT2D eigenvalue weighted by Gasteiger charge is 2.22. The van der Waals surface area contributed by atoms with Gasteiger partial charge in [-0.1, -0.05) is 31.9 Å². The van der Waals surface area contributed by atoms with E-state index in [2.05, 4.69) is 31.2 Å². The molecule has 2 rings (SSSR count). The molecule has 0 aliphatic heterocycles. The molecule has 3 nitrogen and oxygen atoms in total. The van der Waals surface area contributed by atoms with Crippen LogP contribution in [-0.2, 0) is 9.47 Å². The molecular weight excluding hydrogens is 264 g/mol. The van der Waals surface area contributed by atoms with Gasteiger partial charge in [0.05, 0.1) is 6.61 Å². The van der Waals surface area contributed by atoms with Crippen LogP contribution < -0.4 is 4.74 Å². The van der Waals surface area contributed by atoms with Gasteiger partial charge < -0.3 is 14.2 Å². The van der Waals surface area contributed by atoms with Gasteiger partial charge in [-0.15, -0.1) is 0 Å². The van der Waals surface area contributed by atoms with Crippen LogP contribution in [0.5, 0.6) is 5.75 Å². The van der Waals surface area contributed by atoms with Crippen molar-refractivity contribution < 1.29 is 14.2 Å². The third kappa shape index (κ3) is 5.01. The summed E-state index contributed by atoms with van der Waals surface area (Å²) in [4.78, 5) is 0. The minimum atomic E-state index is -0.178. The maximum atomic E-state index is 5.68. The molecule has 1 aromatic carbocycles. The molecule has 21 heavy (non-hydrogen) atoms. The Morgan fingerprint density at radius 1 is 1.05 bits per heavy atom.